The SMILES string of the molecule is COC(=O)c1ccc(CN2CCNCC2)c(F)c1. The van der Waals surface area contributed by atoms with E-state index >= 15 is 0 Å². The second-order valence-corrected chi connectivity index (χ2v) is 4.32. The number of esters is 1. The Balaban J connectivity index is 2.07. The number of benzene rings is 1. The Labute approximate surface area is 106 Å². The summed E-state index contributed by atoms with van der Waals surface area (Å²) in [6.07, 6.45) is 0. The number of nitrogens with one attached hydrogen (secondary N) is 1. The molecule has 0 unspecified atom stereocenters. The van der Waals surface area contributed by atoms with Gasteiger partial charge in [0.05, 0.1) is 12.7 Å². The molecule has 98 valence electrons. The molecule has 0 radical (unpaired) electrons. The number of hydrogen-bond donors (Lipinski definition) is 1. The number of hydrogen-bond acceptors (Lipinski definition) is 4. The summed E-state index contributed by atoms with van der Waals surface area (Å²) < 4.78 is 18.4. The lowest BCUT2D eigenvalue weighted by atomic mass is 10.1. The summed E-state index contributed by atoms with van der Waals surface area (Å²) in [6.45, 7) is 4.27. The van der Waals surface area contributed by atoms with E-state index in [-0.39, 0.29) is 11.4 Å². The fourth-order valence-electron chi connectivity index (χ4n) is 2.03. The van der Waals surface area contributed by atoms with Gasteiger partial charge in [0.25, 0.3) is 0 Å². The van der Waals surface area contributed by atoms with Crippen LogP contribution in [0.2, 0.25) is 0 Å². The van der Waals surface area contributed by atoms with Gasteiger partial charge < -0.3 is 10.1 Å². The Morgan fingerprint density at radius 3 is 2.78 bits per heavy atom. The van der Waals surface area contributed by atoms with E-state index in [1.165, 1.54) is 13.2 Å². The fourth-order valence-corrected chi connectivity index (χ4v) is 2.03. The average Bonchev–Trinajstić information content (AvgIpc) is 2.41. The molecular weight excluding hydrogens is 235 g/mol. The molecule has 0 atom stereocenters. The van der Waals surface area contributed by atoms with Crippen LogP contribution in [0.4, 0.5) is 4.39 Å². The minimum Gasteiger partial charge on any atom is -0.465 e. The van der Waals surface area contributed by atoms with Gasteiger partial charge in [-0.2, -0.15) is 0 Å². The van der Waals surface area contributed by atoms with Crippen molar-refractivity contribution in [3.63, 3.8) is 0 Å². The van der Waals surface area contributed by atoms with Crippen LogP contribution >= 0.6 is 0 Å². The van der Waals surface area contributed by atoms with Crippen LogP contribution in [0.25, 0.3) is 0 Å². The molecule has 0 amide bonds. The fraction of sp³-hybridized carbons (Fsp3) is 0.462. The topological polar surface area (TPSA) is 41.6 Å². The predicted octanol–water partition coefficient (Wildman–Crippen LogP) is 1.02. The highest BCUT2D eigenvalue weighted by Gasteiger charge is 2.14. The van der Waals surface area contributed by atoms with Crippen molar-refractivity contribution >= 4 is 5.97 Å². The summed E-state index contributed by atoms with van der Waals surface area (Å²) in [5, 5.41) is 3.25. The van der Waals surface area contributed by atoms with Crippen LogP contribution in [0.5, 0.6) is 0 Å². The van der Waals surface area contributed by atoms with Gasteiger partial charge in [-0.3, -0.25) is 4.90 Å². The van der Waals surface area contributed by atoms with E-state index < -0.39 is 5.97 Å². The molecule has 1 saturated heterocycles. The normalized spacial score (nSPS) is 16.6. The number of ether oxygens (including phenoxy) is 1. The third-order valence-electron chi connectivity index (χ3n) is 3.08. The lowest BCUT2D eigenvalue weighted by Crippen LogP contribution is -2.43. The first-order valence-electron chi connectivity index (χ1n) is 6.00. The van der Waals surface area contributed by atoms with Crippen molar-refractivity contribution in [2.45, 2.75) is 6.54 Å². The minimum absolute atomic E-state index is 0.249. The van der Waals surface area contributed by atoms with Gasteiger partial charge in [-0.05, 0) is 12.1 Å². The standard InChI is InChI=1S/C13H17FN2O2/c1-18-13(17)10-2-3-11(12(14)8-10)9-16-6-4-15-5-7-16/h2-3,8,15H,4-7,9H2,1H3. The number of halogens is 1. The third-order valence-corrected chi connectivity index (χ3v) is 3.08. The third kappa shape index (κ3) is 3.05. The van der Waals surface area contributed by atoms with E-state index in [2.05, 4.69) is 15.0 Å². The van der Waals surface area contributed by atoms with E-state index in [0.717, 1.165) is 26.2 Å². The Kier molecular flexibility index (Phi) is 4.28. The Bertz CT molecular complexity index is 431. The van der Waals surface area contributed by atoms with Gasteiger partial charge in [0.15, 0.2) is 0 Å². The molecule has 1 aromatic rings. The highest BCUT2D eigenvalue weighted by molar-refractivity contribution is 5.89. The Morgan fingerprint density at radius 1 is 1.44 bits per heavy atom. The van der Waals surface area contributed by atoms with E-state index in [1.807, 2.05) is 0 Å². The zero-order valence-corrected chi connectivity index (χ0v) is 10.4. The largest absolute Gasteiger partial charge is 0.465 e. The Hall–Kier alpha value is -1.46. The number of nitrogens with zero attached hydrogens (tertiary/aromatic N) is 1. The van der Waals surface area contributed by atoms with Crippen molar-refractivity contribution in [1.82, 2.24) is 10.2 Å². The van der Waals surface area contributed by atoms with Crippen molar-refractivity contribution in [1.29, 1.82) is 0 Å². The van der Waals surface area contributed by atoms with Crippen molar-refractivity contribution in [2.75, 3.05) is 33.3 Å². The van der Waals surface area contributed by atoms with Gasteiger partial charge in [0, 0.05) is 38.3 Å². The van der Waals surface area contributed by atoms with Crippen molar-refractivity contribution in [3.8, 4) is 0 Å². The molecule has 1 aromatic carbocycles. The predicted molar refractivity (Wildman–Crippen MR) is 65.9 cm³/mol. The maximum atomic E-state index is 13.9. The molecule has 0 spiro atoms. The zero-order valence-electron chi connectivity index (χ0n) is 10.4. The second kappa shape index (κ2) is 5.93. The first kappa shape index (κ1) is 13.0. The minimum atomic E-state index is -0.511. The van der Waals surface area contributed by atoms with Crippen LogP contribution in [0, 0.1) is 5.82 Å². The number of rotatable bonds is 3. The van der Waals surface area contributed by atoms with Crippen LogP contribution in [0.3, 0.4) is 0 Å². The summed E-state index contributed by atoms with van der Waals surface area (Å²) >= 11 is 0. The van der Waals surface area contributed by atoms with Crippen LogP contribution in [0.1, 0.15) is 15.9 Å². The molecule has 0 aromatic heterocycles. The average molecular weight is 252 g/mol. The highest BCUT2D eigenvalue weighted by atomic mass is 19.1. The zero-order chi connectivity index (χ0) is 13.0. The van der Waals surface area contributed by atoms with Gasteiger partial charge in [-0.1, -0.05) is 6.07 Å². The lowest BCUT2D eigenvalue weighted by molar-refractivity contribution is 0.0600. The Morgan fingerprint density at radius 2 is 2.17 bits per heavy atom. The summed E-state index contributed by atoms with van der Waals surface area (Å²) in [7, 11) is 1.29. The van der Waals surface area contributed by atoms with Gasteiger partial charge in [-0.25, -0.2) is 9.18 Å². The first-order chi connectivity index (χ1) is 8.70. The van der Waals surface area contributed by atoms with Gasteiger partial charge in [-0.15, -0.1) is 0 Å². The quantitative estimate of drug-likeness (QED) is 0.815. The second-order valence-electron chi connectivity index (χ2n) is 4.32. The molecule has 0 saturated carbocycles. The maximum absolute atomic E-state index is 13.9. The molecule has 1 aliphatic heterocycles. The van der Waals surface area contributed by atoms with Crippen LogP contribution in [-0.4, -0.2) is 44.2 Å². The molecular formula is C13H17FN2O2. The molecule has 1 N–H and O–H groups in total. The molecule has 0 aliphatic carbocycles. The summed E-state index contributed by atoms with van der Waals surface area (Å²) in [6, 6.07) is 4.50. The highest BCUT2D eigenvalue weighted by Crippen LogP contribution is 2.14. The van der Waals surface area contributed by atoms with Crippen LogP contribution in [-0.2, 0) is 11.3 Å². The van der Waals surface area contributed by atoms with Crippen LogP contribution in [0.15, 0.2) is 18.2 Å². The number of carbonyl (C=O) groups is 1. The molecule has 5 heteroatoms. The van der Waals surface area contributed by atoms with E-state index in [9.17, 15) is 9.18 Å². The van der Waals surface area contributed by atoms with Gasteiger partial charge in [0.2, 0.25) is 0 Å². The number of piperazine rings is 1. The number of carbonyl (C=O) groups excluding carboxylic acids is 1. The molecule has 1 fully saturated rings. The summed E-state index contributed by atoms with van der Waals surface area (Å²) in [5.74, 6) is -0.862. The van der Waals surface area contributed by atoms with Crippen molar-refractivity contribution in [2.24, 2.45) is 0 Å². The van der Waals surface area contributed by atoms with Gasteiger partial charge >= 0.3 is 5.97 Å². The molecule has 18 heavy (non-hydrogen) atoms. The molecule has 1 aliphatic rings. The molecule has 2 rings (SSSR count). The van der Waals surface area contributed by atoms with E-state index in [0.29, 0.717) is 12.1 Å². The van der Waals surface area contributed by atoms with Crippen molar-refractivity contribution in [3.05, 3.63) is 35.1 Å². The first-order valence-corrected chi connectivity index (χ1v) is 6.00. The summed E-state index contributed by atoms with van der Waals surface area (Å²) in [5.41, 5.74) is 0.864. The monoisotopic (exact) mass is 252 g/mol. The molecule has 4 nitrogen and oxygen atoms in total. The van der Waals surface area contributed by atoms with Crippen LogP contribution < -0.4 is 5.32 Å². The van der Waals surface area contributed by atoms with Crippen molar-refractivity contribution < 1.29 is 13.9 Å². The molecule has 0 bridgehead atoms. The molecule has 1 heterocycles. The lowest BCUT2D eigenvalue weighted by Gasteiger charge is -2.27. The smallest absolute Gasteiger partial charge is 0.337 e. The van der Waals surface area contributed by atoms with E-state index in [4.69, 9.17) is 0 Å². The number of methoxy groups -OCH3 is 1. The van der Waals surface area contributed by atoms with E-state index in [1.54, 1.807) is 12.1 Å². The summed E-state index contributed by atoms with van der Waals surface area (Å²) in [4.78, 5) is 13.4. The van der Waals surface area contributed by atoms with Gasteiger partial charge in [0.1, 0.15) is 5.82 Å². The maximum Gasteiger partial charge on any atom is 0.337 e.